The summed E-state index contributed by atoms with van der Waals surface area (Å²) in [7, 11) is 0. The summed E-state index contributed by atoms with van der Waals surface area (Å²) >= 11 is 2.11. The SMILES string of the molecule is O=C(c1ccc(-c2ccc(C(F)(F)F)s2)cc1)N1CCC(C2CN(C(=O)c3cscn3)C2)CC1. The molecule has 2 aromatic heterocycles. The van der Waals surface area contributed by atoms with Gasteiger partial charge in [0.1, 0.15) is 10.6 Å². The van der Waals surface area contributed by atoms with Gasteiger partial charge in [0.2, 0.25) is 0 Å². The maximum atomic E-state index is 12.9. The fraction of sp³-hybridized carbons (Fsp3) is 0.375. The van der Waals surface area contributed by atoms with Crippen LogP contribution < -0.4 is 0 Å². The lowest BCUT2D eigenvalue weighted by atomic mass is 9.79. The fourth-order valence-electron chi connectivity index (χ4n) is 4.64. The number of thiazole rings is 1. The van der Waals surface area contributed by atoms with Crippen LogP contribution in [0.3, 0.4) is 0 Å². The van der Waals surface area contributed by atoms with Gasteiger partial charge in [0.25, 0.3) is 11.8 Å². The third-order valence-corrected chi connectivity index (χ3v) is 8.41. The highest BCUT2D eigenvalue weighted by Crippen LogP contribution is 2.38. The van der Waals surface area contributed by atoms with Crippen molar-refractivity contribution >= 4 is 34.5 Å². The highest BCUT2D eigenvalue weighted by Gasteiger charge is 2.38. The zero-order valence-corrected chi connectivity index (χ0v) is 19.8. The summed E-state index contributed by atoms with van der Waals surface area (Å²) in [5.41, 5.74) is 3.38. The maximum absolute atomic E-state index is 12.9. The van der Waals surface area contributed by atoms with Gasteiger partial charge < -0.3 is 9.80 Å². The molecule has 0 radical (unpaired) electrons. The number of piperidine rings is 1. The lowest BCUT2D eigenvalue weighted by Crippen LogP contribution is -2.54. The topological polar surface area (TPSA) is 53.5 Å². The molecule has 5 rings (SSSR count). The molecule has 10 heteroatoms. The van der Waals surface area contributed by atoms with E-state index in [-0.39, 0.29) is 11.8 Å². The van der Waals surface area contributed by atoms with E-state index in [4.69, 9.17) is 0 Å². The lowest BCUT2D eigenvalue weighted by molar-refractivity contribution is -0.134. The van der Waals surface area contributed by atoms with Gasteiger partial charge in [0.15, 0.2) is 0 Å². The van der Waals surface area contributed by atoms with Crippen molar-refractivity contribution in [2.45, 2.75) is 19.0 Å². The van der Waals surface area contributed by atoms with Gasteiger partial charge in [-0.1, -0.05) is 12.1 Å². The molecule has 0 unspecified atom stereocenters. The first-order valence-electron chi connectivity index (χ1n) is 11.0. The lowest BCUT2D eigenvalue weighted by Gasteiger charge is -2.45. The Morgan fingerprint density at radius 2 is 1.62 bits per heavy atom. The number of benzene rings is 1. The highest BCUT2D eigenvalue weighted by atomic mass is 32.1. The number of likely N-dealkylation sites (tertiary alicyclic amines) is 2. The molecule has 0 bridgehead atoms. The van der Waals surface area contributed by atoms with Crippen LogP contribution in [0.1, 0.15) is 38.6 Å². The minimum atomic E-state index is -4.35. The summed E-state index contributed by atoms with van der Waals surface area (Å²) in [6.07, 6.45) is -2.54. The van der Waals surface area contributed by atoms with Gasteiger partial charge >= 0.3 is 6.18 Å². The van der Waals surface area contributed by atoms with E-state index >= 15 is 0 Å². The van der Waals surface area contributed by atoms with Gasteiger partial charge in [-0.05, 0) is 54.5 Å². The first kappa shape index (κ1) is 23.0. The van der Waals surface area contributed by atoms with Crippen LogP contribution in [0.25, 0.3) is 10.4 Å². The summed E-state index contributed by atoms with van der Waals surface area (Å²) in [6.45, 7) is 2.83. The zero-order chi connectivity index (χ0) is 23.9. The molecule has 2 aliphatic rings. The van der Waals surface area contributed by atoms with Crippen molar-refractivity contribution in [2.75, 3.05) is 26.2 Å². The Hall–Kier alpha value is -2.72. The maximum Gasteiger partial charge on any atom is 0.425 e. The molecule has 0 saturated carbocycles. The van der Waals surface area contributed by atoms with Crippen molar-refractivity contribution in [1.82, 2.24) is 14.8 Å². The molecule has 0 aliphatic carbocycles. The van der Waals surface area contributed by atoms with Gasteiger partial charge in [-0.2, -0.15) is 13.2 Å². The van der Waals surface area contributed by atoms with Crippen molar-refractivity contribution in [1.29, 1.82) is 0 Å². The van der Waals surface area contributed by atoms with Gasteiger partial charge in [-0.25, -0.2) is 4.98 Å². The zero-order valence-electron chi connectivity index (χ0n) is 18.1. The molecule has 0 atom stereocenters. The van der Waals surface area contributed by atoms with Crippen molar-refractivity contribution in [2.24, 2.45) is 11.8 Å². The van der Waals surface area contributed by atoms with E-state index in [2.05, 4.69) is 4.98 Å². The molecule has 5 nitrogen and oxygen atoms in total. The first-order valence-corrected chi connectivity index (χ1v) is 12.8. The van der Waals surface area contributed by atoms with Crippen LogP contribution in [-0.4, -0.2) is 52.8 Å². The van der Waals surface area contributed by atoms with Crippen molar-refractivity contribution in [3.05, 3.63) is 63.4 Å². The Bertz CT molecular complexity index is 1160. The van der Waals surface area contributed by atoms with E-state index < -0.39 is 11.1 Å². The Kier molecular flexibility index (Phi) is 6.20. The average Bonchev–Trinajstić information content (AvgIpc) is 3.50. The van der Waals surface area contributed by atoms with E-state index in [0.29, 0.717) is 58.0 Å². The fourth-order valence-corrected chi connectivity index (χ4v) is 6.04. The number of rotatable bonds is 4. The van der Waals surface area contributed by atoms with Crippen molar-refractivity contribution in [3.63, 3.8) is 0 Å². The molecular formula is C24H22F3N3O2S2. The Balaban J connectivity index is 1.13. The van der Waals surface area contributed by atoms with E-state index in [1.165, 1.54) is 17.4 Å². The summed E-state index contributed by atoms with van der Waals surface area (Å²) in [5, 5.41) is 1.77. The third kappa shape index (κ3) is 4.61. The third-order valence-electron chi connectivity index (χ3n) is 6.64. The van der Waals surface area contributed by atoms with Crippen LogP contribution in [0.5, 0.6) is 0 Å². The van der Waals surface area contributed by atoms with E-state index in [1.54, 1.807) is 35.2 Å². The summed E-state index contributed by atoms with van der Waals surface area (Å²) < 4.78 is 38.5. The van der Waals surface area contributed by atoms with Crippen molar-refractivity contribution < 1.29 is 22.8 Å². The Morgan fingerprint density at radius 3 is 2.21 bits per heavy atom. The quantitative estimate of drug-likeness (QED) is 0.470. The Labute approximate surface area is 202 Å². The first-order chi connectivity index (χ1) is 16.3. The van der Waals surface area contributed by atoms with Crippen molar-refractivity contribution in [3.8, 4) is 10.4 Å². The van der Waals surface area contributed by atoms with E-state index in [9.17, 15) is 22.8 Å². The van der Waals surface area contributed by atoms with Crippen LogP contribution >= 0.6 is 22.7 Å². The van der Waals surface area contributed by atoms with E-state index in [0.717, 1.165) is 32.0 Å². The number of halogens is 3. The normalized spacial score (nSPS) is 17.6. The molecule has 4 heterocycles. The standard InChI is InChI=1S/C24H22F3N3O2S2/c25-24(26,27)21-6-5-20(34-21)16-1-3-17(4-2-16)22(31)29-9-7-15(8-10-29)18-11-30(12-18)23(32)19-13-33-14-28-19/h1-6,13-15,18H,7-12H2. The number of alkyl halides is 3. The molecule has 1 aromatic carbocycles. The molecule has 3 aromatic rings. The van der Waals surface area contributed by atoms with E-state index in [1.807, 2.05) is 9.80 Å². The molecular weight excluding hydrogens is 483 g/mol. The number of carbonyl (C=O) groups excluding carboxylic acids is 2. The van der Waals surface area contributed by atoms with Gasteiger partial charge in [-0.3, -0.25) is 9.59 Å². The molecule has 178 valence electrons. The number of hydrogen-bond acceptors (Lipinski definition) is 5. The largest absolute Gasteiger partial charge is 0.425 e. The summed E-state index contributed by atoms with van der Waals surface area (Å²) in [5.74, 6) is 0.894. The van der Waals surface area contributed by atoms with Crippen LogP contribution in [0.4, 0.5) is 13.2 Å². The molecule has 2 aliphatic heterocycles. The molecule has 0 spiro atoms. The summed E-state index contributed by atoms with van der Waals surface area (Å²) in [4.78, 5) is 32.9. The molecule has 2 saturated heterocycles. The second-order valence-corrected chi connectivity index (χ2v) is 10.5. The van der Waals surface area contributed by atoms with Crippen LogP contribution in [0.2, 0.25) is 0 Å². The minimum absolute atomic E-state index is 0.00857. The Morgan fingerprint density at radius 1 is 0.912 bits per heavy atom. The minimum Gasteiger partial charge on any atom is -0.339 e. The van der Waals surface area contributed by atoms with Crippen LogP contribution in [0.15, 0.2) is 47.3 Å². The smallest absolute Gasteiger partial charge is 0.339 e. The number of hydrogen-bond donors (Lipinski definition) is 0. The molecule has 34 heavy (non-hydrogen) atoms. The van der Waals surface area contributed by atoms with Gasteiger partial charge in [0, 0.05) is 42.0 Å². The van der Waals surface area contributed by atoms with Gasteiger partial charge in [-0.15, -0.1) is 22.7 Å². The number of amides is 2. The summed E-state index contributed by atoms with van der Waals surface area (Å²) in [6, 6.07) is 9.32. The molecule has 2 amide bonds. The predicted octanol–water partition coefficient (Wildman–Crippen LogP) is 5.51. The van der Waals surface area contributed by atoms with Crippen LogP contribution in [0, 0.1) is 11.8 Å². The number of aromatic nitrogens is 1. The number of thiophene rings is 1. The highest BCUT2D eigenvalue weighted by molar-refractivity contribution is 7.15. The predicted molar refractivity (Wildman–Crippen MR) is 125 cm³/mol. The molecule has 2 fully saturated rings. The monoisotopic (exact) mass is 505 g/mol. The number of carbonyl (C=O) groups is 2. The average molecular weight is 506 g/mol. The number of nitrogens with zero attached hydrogens (tertiary/aromatic N) is 3. The molecule has 0 N–H and O–H groups in total. The second kappa shape index (κ2) is 9.14. The van der Waals surface area contributed by atoms with Crippen LogP contribution in [-0.2, 0) is 6.18 Å². The second-order valence-electron chi connectivity index (χ2n) is 8.71. The van der Waals surface area contributed by atoms with Gasteiger partial charge in [0.05, 0.1) is 5.51 Å².